The molecule has 1 atom stereocenters. The molecule has 1 aromatic carbocycles. The van der Waals surface area contributed by atoms with Crippen LogP contribution in [0.15, 0.2) is 30.3 Å². The molecule has 0 fully saturated rings. The number of ether oxygens (including phenoxy) is 1. The number of rotatable bonds is 4. The van der Waals surface area contributed by atoms with Crippen LogP contribution in [0.3, 0.4) is 0 Å². The van der Waals surface area contributed by atoms with Crippen molar-refractivity contribution in [1.29, 1.82) is 0 Å². The molecule has 126 valence electrons. The van der Waals surface area contributed by atoms with E-state index in [1.807, 2.05) is 31.4 Å². The van der Waals surface area contributed by atoms with E-state index in [1.165, 1.54) is 24.3 Å². The highest BCUT2D eigenvalue weighted by Gasteiger charge is 2.34. The molecule has 0 saturated carbocycles. The van der Waals surface area contributed by atoms with Crippen molar-refractivity contribution in [2.45, 2.75) is 45.8 Å². The van der Waals surface area contributed by atoms with Crippen LogP contribution in [0.4, 0.5) is 4.39 Å². The van der Waals surface area contributed by atoms with Gasteiger partial charge in [-0.15, -0.1) is 0 Å². The summed E-state index contributed by atoms with van der Waals surface area (Å²) in [6, 6.07) is 7.40. The summed E-state index contributed by atoms with van der Waals surface area (Å²) in [6.07, 6.45) is 0.466. The lowest BCUT2D eigenvalue weighted by Gasteiger charge is -2.12. The highest BCUT2D eigenvalue weighted by Crippen LogP contribution is 2.34. The molecule has 2 heterocycles. The van der Waals surface area contributed by atoms with Crippen LogP contribution in [-0.2, 0) is 16.1 Å². The van der Waals surface area contributed by atoms with Gasteiger partial charge in [-0.2, -0.15) is 0 Å². The normalized spacial score (nSPS) is 16.3. The quantitative estimate of drug-likeness (QED) is 0.636. The number of halogens is 1. The monoisotopic (exact) mass is 329 g/mol. The van der Waals surface area contributed by atoms with Gasteiger partial charge in [0.05, 0.1) is 17.7 Å². The first kappa shape index (κ1) is 16.4. The number of hydrogen-bond acceptors (Lipinski definition) is 3. The molecule has 24 heavy (non-hydrogen) atoms. The average Bonchev–Trinajstić information content (AvgIpc) is 3.04. The number of ketones is 1. The minimum absolute atomic E-state index is 0.156. The Morgan fingerprint density at radius 2 is 1.92 bits per heavy atom. The molecule has 5 heteroatoms. The zero-order chi connectivity index (χ0) is 17.4. The molecular formula is C19H20FNO3. The SMILES string of the molecule is Cc1cc2n(c1C(=O)c1ccc(F)cc1)CCC2C(=O)OC(C)C. The van der Waals surface area contributed by atoms with Crippen LogP contribution in [0.25, 0.3) is 0 Å². The number of benzene rings is 1. The Labute approximate surface area is 140 Å². The summed E-state index contributed by atoms with van der Waals surface area (Å²) in [7, 11) is 0. The number of esters is 1. The van der Waals surface area contributed by atoms with E-state index in [2.05, 4.69) is 0 Å². The number of aryl methyl sites for hydroxylation is 1. The Hall–Kier alpha value is -2.43. The molecule has 0 radical (unpaired) electrons. The summed E-state index contributed by atoms with van der Waals surface area (Å²) in [4.78, 5) is 25.0. The molecule has 0 bridgehead atoms. The van der Waals surface area contributed by atoms with Crippen molar-refractivity contribution in [3.05, 3.63) is 58.7 Å². The van der Waals surface area contributed by atoms with Gasteiger partial charge in [0.25, 0.3) is 0 Å². The van der Waals surface area contributed by atoms with Crippen molar-refractivity contribution in [3.63, 3.8) is 0 Å². The Bertz CT molecular complexity index is 790. The molecule has 1 unspecified atom stereocenters. The first-order valence-corrected chi connectivity index (χ1v) is 8.09. The average molecular weight is 329 g/mol. The van der Waals surface area contributed by atoms with Crippen molar-refractivity contribution in [1.82, 2.24) is 4.57 Å². The number of carbonyl (C=O) groups excluding carboxylic acids is 2. The second-order valence-electron chi connectivity index (χ2n) is 6.42. The van der Waals surface area contributed by atoms with E-state index in [0.717, 1.165) is 11.3 Å². The first-order valence-electron chi connectivity index (χ1n) is 8.09. The van der Waals surface area contributed by atoms with Crippen LogP contribution in [-0.4, -0.2) is 22.4 Å². The van der Waals surface area contributed by atoms with E-state index in [0.29, 0.717) is 24.2 Å². The molecule has 2 aromatic rings. The van der Waals surface area contributed by atoms with E-state index in [4.69, 9.17) is 4.74 Å². The number of nitrogens with zero attached hydrogens (tertiary/aromatic N) is 1. The fourth-order valence-corrected chi connectivity index (χ4v) is 3.24. The smallest absolute Gasteiger partial charge is 0.315 e. The maximum absolute atomic E-state index is 13.1. The zero-order valence-electron chi connectivity index (χ0n) is 14.0. The van der Waals surface area contributed by atoms with Gasteiger partial charge in [0, 0.05) is 17.8 Å². The first-order chi connectivity index (χ1) is 11.4. The minimum Gasteiger partial charge on any atom is -0.462 e. The van der Waals surface area contributed by atoms with Crippen molar-refractivity contribution in [2.24, 2.45) is 0 Å². The molecule has 0 aliphatic carbocycles. The maximum Gasteiger partial charge on any atom is 0.315 e. The Balaban J connectivity index is 1.94. The molecule has 0 N–H and O–H groups in total. The molecule has 4 nitrogen and oxygen atoms in total. The zero-order valence-corrected chi connectivity index (χ0v) is 14.0. The van der Waals surface area contributed by atoms with Gasteiger partial charge < -0.3 is 9.30 Å². The lowest BCUT2D eigenvalue weighted by Crippen LogP contribution is -2.18. The summed E-state index contributed by atoms with van der Waals surface area (Å²) in [5, 5.41) is 0. The number of carbonyl (C=O) groups is 2. The lowest BCUT2D eigenvalue weighted by molar-refractivity contribution is -0.149. The molecule has 1 aliphatic rings. The van der Waals surface area contributed by atoms with Gasteiger partial charge in [0.15, 0.2) is 0 Å². The molecular weight excluding hydrogens is 309 g/mol. The third-order valence-electron chi connectivity index (χ3n) is 4.28. The molecule has 0 spiro atoms. The van der Waals surface area contributed by atoms with E-state index in [-0.39, 0.29) is 29.6 Å². The van der Waals surface area contributed by atoms with Crippen molar-refractivity contribution < 1.29 is 18.7 Å². The third kappa shape index (κ3) is 2.86. The molecule has 0 saturated heterocycles. The van der Waals surface area contributed by atoms with Crippen molar-refractivity contribution >= 4 is 11.8 Å². The summed E-state index contributed by atoms with van der Waals surface area (Å²) in [5.74, 6) is -1.11. The molecule has 1 aliphatic heterocycles. The number of fused-ring (bicyclic) bond motifs is 1. The summed E-state index contributed by atoms with van der Waals surface area (Å²) < 4.78 is 20.3. The van der Waals surface area contributed by atoms with Gasteiger partial charge in [0.1, 0.15) is 5.82 Å². The van der Waals surface area contributed by atoms with Crippen LogP contribution in [0.2, 0.25) is 0 Å². The molecule has 3 rings (SSSR count). The van der Waals surface area contributed by atoms with Gasteiger partial charge in [-0.05, 0) is 63.1 Å². The fourth-order valence-electron chi connectivity index (χ4n) is 3.24. The maximum atomic E-state index is 13.1. The Morgan fingerprint density at radius 1 is 1.25 bits per heavy atom. The van der Waals surface area contributed by atoms with E-state index < -0.39 is 0 Å². The van der Waals surface area contributed by atoms with E-state index in [9.17, 15) is 14.0 Å². The van der Waals surface area contributed by atoms with Gasteiger partial charge >= 0.3 is 5.97 Å². The topological polar surface area (TPSA) is 48.3 Å². The van der Waals surface area contributed by atoms with Crippen LogP contribution in [0.5, 0.6) is 0 Å². The standard InChI is InChI=1S/C19H20FNO3/c1-11(2)24-19(23)15-8-9-21-16(15)10-12(3)17(21)18(22)13-4-6-14(20)7-5-13/h4-7,10-11,15H,8-9H2,1-3H3. The number of aromatic nitrogens is 1. The fraction of sp³-hybridized carbons (Fsp3) is 0.368. The van der Waals surface area contributed by atoms with Crippen LogP contribution in [0, 0.1) is 12.7 Å². The predicted molar refractivity (Wildman–Crippen MR) is 87.6 cm³/mol. The largest absolute Gasteiger partial charge is 0.462 e. The van der Waals surface area contributed by atoms with Gasteiger partial charge in [-0.1, -0.05) is 0 Å². The van der Waals surface area contributed by atoms with Crippen molar-refractivity contribution in [2.75, 3.05) is 0 Å². The molecule has 1 aromatic heterocycles. The summed E-state index contributed by atoms with van der Waals surface area (Å²) in [6.45, 7) is 6.09. The summed E-state index contributed by atoms with van der Waals surface area (Å²) in [5.41, 5.74) is 2.65. The second-order valence-corrected chi connectivity index (χ2v) is 6.42. The predicted octanol–water partition coefficient (Wildman–Crippen LogP) is 3.61. The van der Waals surface area contributed by atoms with E-state index in [1.54, 1.807) is 0 Å². The highest BCUT2D eigenvalue weighted by atomic mass is 19.1. The van der Waals surface area contributed by atoms with Crippen LogP contribution in [0.1, 0.15) is 53.5 Å². The number of hydrogen-bond donors (Lipinski definition) is 0. The van der Waals surface area contributed by atoms with E-state index >= 15 is 0 Å². The Morgan fingerprint density at radius 3 is 2.54 bits per heavy atom. The van der Waals surface area contributed by atoms with Crippen LogP contribution >= 0.6 is 0 Å². The lowest BCUT2D eigenvalue weighted by atomic mass is 10.0. The van der Waals surface area contributed by atoms with Crippen molar-refractivity contribution in [3.8, 4) is 0 Å². The van der Waals surface area contributed by atoms with Gasteiger partial charge in [-0.25, -0.2) is 4.39 Å². The second kappa shape index (κ2) is 6.23. The van der Waals surface area contributed by atoms with Gasteiger partial charge in [-0.3, -0.25) is 9.59 Å². The summed E-state index contributed by atoms with van der Waals surface area (Å²) >= 11 is 0. The Kier molecular flexibility index (Phi) is 4.26. The van der Waals surface area contributed by atoms with Gasteiger partial charge in [0.2, 0.25) is 5.78 Å². The molecule has 0 amide bonds. The third-order valence-corrected chi connectivity index (χ3v) is 4.28. The minimum atomic E-state index is -0.375. The highest BCUT2D eigenvalue weighted by molar-refractivity contribution is 6.09. The van der Waals surface area contributed by atoms with Crippen LogP contribution < -0.4 is 0 Å².